The van der Waals surface area contributed by atoms with Crippen LogP contribution in [-0.4, -0.2) is 30.1 Å². The highest BCUT2D eigenvalue weighted by molar-refractivity contribution is 5.15. The maximum atomic E-state index is 6.21. The van der Waals surface area contributed by atoms with Crippen molar-refractivity contribution in [1.82, 2.24) is 4.90 Å². The first-order chi connectivity index (χ1) is 8.03. The van der Waals surface area contributed by atoms with E-state index in [2.05, 4.69) is 59.4 Å². The van der Waals surface area contributed by atoms with Gasteiger partial charge in [0.2, 0.25) is 0 Å². The average molecular weight is 252 g/mol. The highest BCUT2D eigenvalue weighted by atomic mass is 15.2. The van der Waals surface area contributed by atoms with Gasteiger partial charge < -0.3 is 5.73 Å². The van der Waals surface area contributed by atoms with Crippen LogP contribution >= 0.6 is 0 Å². The quantitative estimate of drug-likeness (QED) is 0.763. The molecule has 0 saturated carbocycles. The lowest BCUT2D eigenvalue weighted by Gasteiger charge is -2.44. The zero-order chi connectivity index (χ0) is 14.1. The summed E-state index contributed by atoms with van der Waals surface area (Å²) in [6, 6.07) is 0.671. The van der Waals surface area contributed by atoms with E-state index in [1.807, 2.05) is 0 Å². The number of hydrogen-bond donors (Lipinski definition) is 1. The minimum Gasteiger partial charge on any atom is -0.327 e. The Morgan fingerprint density at radius 2 is 1.72 bits per heavy atom. The number of rotatable bonds is 2. The SMILES string of the molecule is CC(N)C(N1CC=C(C(C)(C)C)CC1)C(C)(C)C. The van der Waals surface area contributed by atoms with E-state index in [9.17, 15) is 0 Å². The topological polar surface area (TPSA) is 29.3 Å². The third-order valence-corrected chi connectivity index (χ3v) is 3.98. The largest absolute Gasteiger partial charge is 0.327 e. The van der Waals surface area contributed by atoms with Crippen molar-refractivity contribution < 1.29 is 0 Å². The van der Waals surface area contributed by atoms with Gasteiger partial charge in [-0.15, -0.1) is 0 Å². The Labute approximate surface area is 114 Å². The molecule has 0 aromatic rings. The Morgan fingerprint density at radius 3 is 2.00 bits per heavy atom. The van der Waals surface area contributed by atoms with Gasteiger partial charge in [-0.2, -0.15) is 0 Å². The summed E-state index contributed by atoms with van der Waals surface area (Å²) in [6.45, 7) is 18.1. The minimum atomic E-state index is 0.217. The summed E-state index contributed by atoms with van der Waals surface area (Å²) in [4.78, 5) is 2.56. The van der Waals surface area contributed by atoms with Gasteiger partial charge in [0.05, 0.1) is 0 Å². The van der Waals surface area contributed by atoms with Crippen LogP contribution in [0.15, 0.2) is 11.6 Å². The van der Waals surface area contributed by atoms with Crippen molar-refractivity contribution in [3.05, 3.63) is 11.6 Å². The van der Waals surface area contributed by atoms with Crippen molar-refractivity contribution in [2.75, 3.05) is 13.1 Å². The summed E-state index contributed by atoms with van der Waals surface area (Å²) in [5, 5.41) is 0. The maximum Gasteiger partial charge on any atom is 0.0296 e. The van der Waals surface area contributed by atoms with Gasteiger partial charge in [-0.25, -0.2) is 0 Å². The van der Waals surface area contributed by atoms with Gasteiger partial charge in [-0.1, -0.05) is 53.2 Å². The van der Waals surface area contributed by atoms with Crippen LogP contribution in [0.3, 0.4) is 0 Å². The standard InChI is InChI=1S/C16H32N2/c1-12(17)14(16(5,6)7)18-10-8-13(9-11-18)15(2,3)4/h8,12,14H,9-11,17H2,1-7H3. The zero-order valence-corrected chi connectivity index (χ0v) is 13.4. The molecule has 0 aromatic carbocycles. The predicted octanol–water partition coefficient (Wildman–Crippen LogP) is 3.43. The number of hydrogen-bond acceptors (Lipinski definition) is 2. The van der Waals surface area contributed by atoms with E-state index in [0.29, 0.717) is 11.5 Å². The summed E-state index contributed by atoms with van der Waals surface area (Å²) < 4.78 is 0. The van der Waals surface area contributed by atoms with E-state index in [4.69, 9.17) is 5.73 Å². The molecule has 1 rings (SSSR count). The van der Waals surface area contributed by atoms with E-state index in [1.165, 1.54) is 6.42 Å². The van der Waals surface area contributed by atoms with Crippen molar-refractivity contribution in [3.8, 4) is 0 Å². The van der Waals surface area contributed by atoms with Crippen molar-refractivity contribution in [2.45, 2.75) is 67.0 Å². The molecule has 2 heteroatoms. The molecule has 106 valence electrons. The third-order valence-electron chi connectivity index (χ3n) is 3.98. The zero-order valence-electron chi connectivity index (χ0n) is 13.4. The molecule has 0 spiro atoms. The lowest BCUT2D eigenvalue weighted by molar-refractivity contribution is 0.0871. The van der Waals surface area contributed by atoms with Crippen molar-refractivity contribution in [2.24, 2.45) is 16.6 Å². The molecule has 0 amide bonds. The molecule has 2 N–H and O–H groups in total. The summed E-state index contributed by atoms with van der Waals surface area (Å²) in [7, 11) is 0. The molecular weight excluding hydrogens is 220 g/mol. The molecule has 1 aliphatic heterocycles. The predicted molar refractivity (Wildman–Crippen MR) is 80.6 cm³/mol. The molecular formula is C16H32N2. The van der Waals surface area contributed by atoms with Crippen molar-refractivity contribution in [3.63, 3.8) is 0 Å². The van der Waals surface area contributed by atoms with Crippen molar-refractivity contribution >= 4 is 0 Å². The molecule has 0 aromatic heterocycles. The number of nitrogens with zero attached hydrogens (tertiary/aromatic N) is 1. The number of nitrogens with two attached hydrogens (primary N) is 1. The summed E-state index contributed by atoms with van der Waals surface area (Å²) in [5.74, 6) is 0. The van der Waals surface area contributed by atoms with Gasteiger partial charge in [0.1, 0.15) is 0 Å². The molecule has 2 nitrogen and oxygen atoms in total. The molecule has 0 bridgehead atoms. The molecule has 0 saturated heterocycles. The molecule has 0 aliphatic carbocycles. The van der Waals surface area contributed by atoms with Crippen LogP contribution in [0, 0.1) is 10.8 Å². The second-order valence-corrected chi connectivity index (χ2v) is 7.89. The van der Waals surface area contributed by atoms with E-state index in [1.54, 1.807) is 5.57 Å². The van der Waals surface area contributed by atoms with Gasteiger partial charge in [-0.3, -0.25) is 4.90 Å². The summed E-state index contributed by atoms with van der Waals surface area (Å²) in [6.07, 6.45) is 3.60. The monoisotopic (exact) mass is 252 g/mol. The molecule has 2 unspecified atom stereocenters. The second kappa shape index (κ2) is 5.34. The first-order valence-corrected chi connectivity index (χ1v) is 7.22. The van der Waals surface area contributed by atoms with Gasteiger partial charge >= 0.3 is 0 Å². The van der Waals surface area contributed by atoms with Crippen LogP contribution in [0.4, 0.5) is 0 Å². The second-order valence-electron chi connectivity index (χ2n) is 7.89. The van der Waals surface area contributed by atoms with Crippen LogP contribution < -0.4 is 5.73 Å². The van der Waals surface area contributed by atoms with Crippen LogP contribution in [-0.2, 0) is 0 Å². The molecule has 2 atom stereocenters. The molecule has 1 heterocycles. The smallest absolute Gasteiger partial charge is 0.0296 e. The molecule has 18 heavy (non-hydrogen) atoms. The molecule has 1 aliphatic rings. The Kier molecular flexibility index (Phi) is 4.66. The Balaban J connectivity index is 2.80. The highest BCUT2D eigenvalue weighted by Gasteiger charge is 2.34. The highest BCUT2D eigenvalue weighted by Crippen LogP contribution is 2.33. The van der Waals surface area contributed by atoms with Gasteiger partial charge in [0.25, 0.3) is 0 Å². The maximum absolute atomic E-state index is 6.21. The lowest BCUT2D eigenvalue weighted by Crippen LogP contribution is -2.54. The van der Waals surface area contributed by atoms with Gasteiger partial charge in [0.15, 0.2) is 0 Å². The van der Waals surface area contributed by atoms with E-state index >= 15 is 0 Å². The Hall–Kier alpha value is -0.340. The van der Waals surface area contributed by atoms with Gasteiger partial charge in [-0.05, 0) is 24.2 Å². The fourth-order valence-electron chi connectivity index (χ4n) is 3.29. The molecule has 0 radical (unpaired) electrons. The molecule has 0 fully saturated rings. The van der Waals surface area contributed by atoms with Gasteiger partial charge in [0, 0.05) is 25.2 Å². The Bertz CT molecular complexity index is 302. The van der Waals surface area contributed by atoms with Crippen LogP contribution in [0.25, 0.3) is 0 Å². The Morgan fingerprint density at radius 1 is 1.17 bits per heavy atom. The van der Waals surface area contributed by atoms with E-state index in [0.717, 1.165) is 13.1 Å². The van der Waals surface area contributed by atoms with Crippen molar-refractivity contribution in [1.29, 1.82) is 0 Å². The minimum absolute atomic E-state index is 0.217. The first kappa shape index (κ1) is 15.7. The third kappa shape index (κ3) is 3.83. The average Bonchev–Trinajstić information content (AvgIpc) is 2.13. The summed E-state index contributed by atoms with van der Waals surface area (Å²) >= 11 is 0. The normalized spacial score (nSPS) is 22.6. The van der Waals surface area contributed by atoms with Crippen LogP contribution in [0.5, 0.6) is 0 Å². The first-order valence-electron chi connectivity index (χ1n) is 7.22. The fourth-order valence-corrected chi connectivity index (χ4v) is 3.29. The van der Waals surface area contributed by atoms with Crippen LogP contribution in [0.1, 0.15) is 54.9 Å². The summed E-state index contributed by atoms with van der Waals surface area (Å²) in [5.41, 5.74) is 8.36. The van der Waals surface area contributed by atoms with E-state index in [-0.39, 0.29) is 11.5 Å². The lowest BCUT2D eigenvalue weighted by atomic mass is 9.79. The fraction of sp³-hybridized carbons (Fsp3) is 0.875. The van der Waals surface area contributed by atoms with E-state index < -0.39 is 0 Å². The van der Waals surface area contributed by atoms with Crippen LogP contribution in [0.2, 0.25) is 0 Å².